The number of hydrogen-bond donors (Lipinski definition) is 1. The summed E-state index contributed by atoms with van der Waals surface area (Å²) in [6.45, 7) is -0.316. The highest BCUT2D eigenvalue weighted by Crippen LogP contribution is 2.52. The maximum Gasteiger partial charge on any atom is 0.241 e. The molecular formula is C15H12ClNO4. The fourth-order valence-electron chi connectivity index (χ4n) is 3.55. The first kappa shape index (κ1) is 13.0. The van der Waals surface area contributed by atoms with Crippen molar-refractivity contribution in [3.8, 4) is 0 Å². The first-order chi connectivity index (χ1) is 10.1. The van der Waals surface area contributed by atoms with Crippen molar-refractivity contribution in [2.24, 2.45) is 11.8 Å². The normalized spacial score (nSPS) is 36.7. The lowest BCUT2D eigenvalue weighted by Crippen LogP contribution is -2.43. The molecule has 3 aliphatic rings. The van der Waals surface area contributed by atoms with Crippen LogP contribution in [0.5, 0.6) is 0 Å². The molecule has 2 saturated heterocycles. The van der Waals surface area contributed by atoms with Gasteiger partial charge in [0.05, 0.1) is 30.2 Å². The molecule has 108 valence electrons. The van der Waals surface area contributed by atoms with Gasteiger partial charge in [0.25, 0.3) is 0 Å². The molecule has 0 radical (unpaired) electrons. The van der Waals surface area contributed by atoms with Crippen molar-refractivity contribution in [3.63, 3.8) is 0 Å². The number of carbonyl (C=O) groups is 2. The van der Waals surface area contributed by atoms with Gasteiger partial charge in [0.1, 0.15) is 5.60 Å². The predicted molar refractivity (Wildman–Crippen MR) is 74.8 cm³/mol. The molecule has 4 atom stereocenters. The van der Waals surface area contributed by atoms with Gasteiger partial charge in [0.2, 0.25) is 11.8 Å². The van der Waals surface area contributed by atoms with E-state index in [9.17, 15) is 14.7 Å². The molecule has 0 unspecified atom stereocenters. The van der Waals surface area contributed by atoms with Crippen molar-refractivity contribution in [1.29, 1.82) is 0 Å². The Hall–Kier alpha value is -1.69. The van der Waals surface area contributed by atoms with Crippen LogP contribution in [-0.2, 0) is 14.3 Å². The Labute approximate surface area is 125 Å². The first-order valence-electron chi connectivity index (χ1n) is 6.69. The van der Waals surface area contributed by atoms with Crippen LogP contribution in [0.3, 0.4) is 0 Å². The molecule has 1 aromatic carbocycles. The van der Waals surface area contributed by atoms with Crippen LogP contribution in [0.4, 0.5) is 5.69 Å². The molecule has 1 N–H and O–H groups in total. The van der Waals surface area contributed by atoms with E-state index in [-0.39, 0.29) is 18.4 Å². The summed E-state index contributed by atoms with van der Waals surface area (Å²) in [4.78, 5) is 26.5. The van der Waals surface area contributed by atoms with Crippen LogP contribution in [0.1, 0.15) is 0 Å². The van der Waals surface area contributed by atoms with Gasteiger partial charge in [-0.05, 0) is 18.2 Å². The lowest BCUT2D eigenvalue weighted by atomic mass is 9.77. The van der Waals surface area contributed by atoms with E-state index in [4.69, 9.17) is 16.3 Å². The number of anilines is 1. The largest absolute Gasteiger partial charge is 0.393 e. The molecule has 5 nitrogen and oxygen atoms in total. The van der Waals surface area contributed by atoms with Crippen molar-refractivity contribution >= 4 is 29.1 Å². The molecule has 2 bridgehead atoms. The van der Waals surface area contributed by atoms with Crippen LogP contribution in [0.2, 0.25) is 5.02 Å². The van der Waals surface area contributed by atoms with Gasteiger partial charge in [-0.25, -0.2) is 4.90 Å². The average Bonchev–Trinajstić information content (AvgIpc) is 3.10. The Morgan fingerprint density at radius 2 is 2.14 bits per heavy atom. The second-order valence-electron chi connectivity index (χ2n) is 5.55. The molecule has 1 aromatic rings. The molecule has 2 fully saturated rings. The molecule has 3 aliphatic heterocycles. The highest BCUT2D eigenvalue weighted by Gasteiger charge is 2.67. The van der Waals surface area contributed by atoms with Crippen LogP contribution in [0.25, 0.3) is 0 Å². The van der Waals surface area contributed by atoms with Gasteiger partial charge in [-0.3, -0.25) is 9.59 Å². The number of aliphatic hydroxyl groups is 1. The van der Waals surface area contributed by atoms with E-state index in [0.29, 0.717) is 10.7 Å². The number of imide groups is 1. The maximum absolute atomic E-state index is 12.7. The second-order valence-corrected chi connectivity index (χ2v) is 5.99. The monoisotopic (exact) mass is 305 g/mol. The van der Waals surface area contributed by atoms with E-state index in [1.165, 1.54) is 0 Å². The minimum atomic E-state index is -1.06. The molecule has 0 aliphatic carbocycles. The third-order valence-corrected chi connectivity index (χ3v) is 4.70. The van der Waals surface area contributed by atoms with E-state index in [1.54, 1.807) is 36.4 Å². The second kappa shape index (κ2) is 4.16. The van der Waals surface area contributed by atoms with E-state index >= 15 is 0 Å². The molecule has 0 aromatic heterocycles. The van der Waals surface area contributed by atoms with Gasteiger partial charge in [-0.1, -0.05) is 29.8 Å². The van der Waals surface area contributed by atoms with E-state index in [2.05, 4.69) is 0 Å². The van der Waals surface area contributed by atoms with Crippen LogP contribution in [0, 0.1) is 11.8 Å². The number of ether oxygens (including phenoxy) is 1. The van der Waals surface area contributed by atoms with Crippen molar-refractivity contribution in [3.05, 3.63) is 41.4 Å². The summed E-state index contributed by atoms with van der Waals surface area (Å²) >= 11 is 5.94. The number of amides is 2. The number of nitrogens with zero attached hydrogens (tertiary/aromatic N) is 1. The minimum absolute atomic E-state index is 0.294. The summed E-state index contributed by atoms with van der Waals surface area (Å²) in [5.74, 6) is -1.86. The Balaban J connectivity index is 1.79. The molecule has 6 heteroatoms. The number of halogens is 1. The van der Waals surface area contributed by atoms with Gasteiger partial charge in [0.15, 0.2) is 0 Å². The van der Waals surface area contributed by atoms with Crippen molar-refractivity contribution < 1.29 is 19.4 Å². The number of fused-ring (bicyclic) bond motifs is 5. The molecule has 0 saturated carbocycles. The van der Waals surface area contributed by atoms with Gasteiger partial charge in [0, 0.05) is 5.02 Å². The Kier molecular flexibility index (Phi) is 2.58. The van der Waals surface area contributed by atoms with Gasteiger partial charge < -0.3 is 9.84 Å². The third kappa shape index (κ3) is 1.54. The van der Waals surface area contributed by atoms with Crippen molar-refractivity contribution in [2.45, 2.75) is 11.7 Å². The average molecular weight is 306 g/mol. The summed E-state index contributed by atoms with van der Waals surface area (Å²) < 4.78 is 5.67. The zero-order chi connectivity index (χ0) is 14.8. The van der Waals surface area contributed by atoms with Crippen LogP contribution in [0.15, 0.2) is 36.4 Å². The molecule has 21 heavy (non-hydrogen) atoms. The summed E-state index contributed by atoms with van der Waals surface area (Å²) in [7, 11) is 0. The summed E-state index contributed by atoms with van der Waals surface area (Å²) in [5, 5.41) is 10.1. The number of carbonyl (C=O) groups excluding carboxylic acids is 2. The van der Waals surface area contributed by atoms with Crippen molar-refractivity contribution in [1.82, 2.24) is 0 Å². The van der Waals surface area contributed by atoms with Gasteiger partial charge >= 0.3 is 0 Å². The zero-order valence-electron chi connectivity index (χ0n) is 10.9. The number of benzene rings is 1. The minimum Gasteiger partial charge on any atom is -0.393 e. The molecule has 2 amide bonds. The molecular weight excluding hydrogens is 294 g/mol. The summed E-state index contributed by atoms with van der Waals surface area (Å²) in [5.41, 5.74) is -0.602. The third-order valence-electron chi connectivity index (χ3n) is 4.47. The standard InChI is InChI=1S/C15H12ClNO4/c16-8-2-1-3-9(6-8)17-13(19)11-10-4-5-15(7-18,21-10)12(11)14(17)20/h1-6,10-12,18H,7H2/t10-,11-,12-,15+/m0/s1. The number of hydrogen-bond acceptors (Lipinski definition) is 4. The zero-order valence-corrected chi connectivity index (χ0v) is 11.7. The van der Waals surface area contributed by atoms with Crippen LogP contribution < -0.4 is 4.90 Å². The lowest BCUT2D eigenvalue weighted by Gasteiger charge is -2.26. The maximum atomic E-state index is 12.7. The Bertz CT molecular complexity index is 688. The smallest absolute Gasteiger partial charge is 0.241 e. The predicted octanol–water partition coefficient (Wildman–Crippen LogP) is 1.15. The molecule has 3 heterocycles. The highest BCUT2D eigenvalue weighted by molar-refractivity contribution is 6.31. The topological polar surface area (TPSA) is 66.8 Å². The van der Waals surface area contributed by atoms with E-state index in [1.807, 2.05) is 0 Å². The van der Waals surface area contributed by atoms with Gasteiger partial charge in [-0.2, -0.15) is 0 Å². The van der Waals surface area contributed by atoms with Crippen LogP contribution >= 0.6 is 11.6 Å². The molecule has 4 rings (SSSR count). The summed E-state index contributed by atoms with van der Waals surface area (Å²) in [6.07, 6.45) is 3.01. The fourth-order valence-corrected chi connectivity index (χ4v) is 3.74. The first-order valence-corrected chi connectivity index (χ1v) is 7.07. The van der Waals surface area contributed by atoms with E-state index < -0.39 is 23.5 Å². The fraction of sp³-hybridized carbons (Fsp3) is 0.333. The highest BCUT2D eigenvalue weighted by atomic mass is 35.5. The molecule has 0 spiro atoms. The number of rotatable bonds is 2. The van der Waals surface area contributed by atoms with Gasteiger partial charge in [-0.15, -0.1) is 0 Å². The lowest BCUT2D eigenvalue weighted by molar-refractivity contribution is -0.128. The Morgan fingerprint density at radius 1 is 1.33 bits per heavy atom. The SMILES string of the molecule is O=C1[C@H]2[C@@H]3C=C[C@](CO)(O3)[C@@H]2C(=O)N1c1cccc(Cl)c1. The quantitative estimate of drug-likeness (QED) is 0.657. The van der Waals surface area contributed by atoms with Crippen LogP contribution in [-0.4, -0.2) is 35.2 Å². The Morgan fingerprint density at radius 3 is 2.86 bits per heavy atom. The summed E-state index contributed by atoms with van der Waals surface area (Å²) in [6, 6.07) is 6.63. The number of aliphatic hydroxyl groups excluding tert-OH is 1. The van der Waals surface area contributed by atoms with Crippen molar-refractivity contribution in [2.75, 3.05) is 11.5 Å². The van der Waals surface area contributed by atoms with E-state index in [0.717, 1.165) is 4.90 Å².